The third-order valence-corrected chi connectivity index (χ3v) is 5.74. The van der Waals surface area contributed by atoms with Gasteiger partial charge < -0.3 is 9.80 Å². The van der Waals surface area contributed by atoms with Crippen LogP contribution in [0.1, 0.15) is 50.5 Å². The molecule has 26 heavy (non-hydrogen) atoms. The first-order valence-corrected chi connectivity index (χ1v) is 9.92. The second-order valence-electron chi connectivity index (χ2n) is 7.58. The topological polar surface area (TPSA) is 40.6 Å². The molecule has 1 aliphatic carbocycles. The average Bonchev–Trinajstić information content (AvgIpc) is 3.18. The third kappa shape index (κ3) is 5.29. The summed E-state index contributed by atoms with van der Waals surface area (Å²) in [5.74, 6) is 0.806. The third-order valence-electron chi connectivity index (χ3n) is 5.74. The van der Waals surface area contributed by atoms with Crippen molar-refractivity contribution in [2.24, 2.45) is 5.92 Å². The zero-order valence-electron chi connectivity index (χ0n) is 15.5. The van der Waals surface area contributed by atoms with E-state index in [1.165, 1.54) is 37.8 Å². The van der Waals surface area contributed by atoms with E-state index < -0.39 is 0 Å². The number of hydrogen-bond acceptors (Lipinski definition) is 2. The maximum absolute atomic E-state index is 13.2. The highest BCUT2D eigenvalue weighted by Gasteiger charge is 2.24. The lowest BCUT2D eigenvalue weighted by Gasteiger charge is -2.35. The second-order valence-corrected chi connectivity index (χ2v) is 7.58. The molecule has 0 N–H and O–H groups in total. The first kappa shape index (κ1) is 18.9. The maximum atomic E-state index is 13.2. The van der Waals surface area contributed by atoms with Crippen LogP contribution in [0, 0.1) is 11.7 Å². The van der Waals surface area contributed by atoms with Gasteiger partial charge in [0, 0.05) is 39.0 Å². The Hall–Kier alpha value is -1.91. The van der Waals surface area contributed by atoms with E-state index in [-0.39, 0.29) is 17.6 Å². The average molecular weight is 360 g/mol. The highest BCUT2D eigenvalue weighted by Crippen LogP contribution is 2.28. The molecule has 1 heterocycles. The summed E-state index contributed by atoms with van der Waals surface area (Å²) >= 11 is 0. The van der Waals surface area contributed by atoms with Gasteiger partial charge in [0.25, 0.3) is 0 Å². The fraction of sp³-hybridized carbons (Fsp3) is 0.619. The molecule has 142 valence electrons. The van der Waals surface area contributed by atoms with Crippen molar-refractivity contribution in [1.29, 1.82) is 0 Å². The summed E-state index contributed by atoms with van der Waals surface area (Å²) in [4.78, 5) is 28.5. The van der Waals surface area contributed by atoms with Gasteiger partial charge in [-0.05, 0) is 36.5 Å². The number of halogens is 1. The van der Waals surface area contributed by atoms with E-state index >= 15 is 0 Å². The molecule has 1 saturated heterocycles. The largest absolute Gasteiger partial charge is 0.339 e. The number of rotatable bonds is 6. The van der Waals surface area contributed by atoms with Crippen molar-refractivity contribution in [3.05, 3.63) is 35.6 Å². The SMILES string of the molecule is O=C(CCc1cccc(F)c1)N1CCN(C(=O)CCC2CCCC2)CC1. The lowest BCUT2D eigenvalue weighted by molar-refractivity contribution is -0.139. The number of nitrogens with zero attached hydrogens (tertiary/aromatic N) is 2. The summed E-state index contributed by atoms with van der Waals surface area (Å²) in [7, 11) is 0. The number of hydrogen-bond donors (Lipinski definition) is 0. The van der Waals surface area contributed by atoms with Gasteiger partial charge in [0.05, 0.1) is 0 Å². The van der Waals surface area contributed by atoms with Gasteiger partial charge in [-0.15, -0.1) is 0 Å². The van der Waals surface area contributed by atoms with Gasteiger partial charge in [-0.3, -0.25) is 9.59 Å². The van der Waals surface area contributed by atoms with Gasteiger partial charge in [-0.2, -0.15) is 0 Å². The second kappa shape index (κ2) is 9.15. The summed E-state index contributed by atoms with van der Waals surface area (Å²) in [6.45, 7) is 2.48. The van der Waals surface area contributed by atoms with Crippen LogP contribution in [0.5, 0.6) is 0 Å². The number of piperazine rings is 1. The molecule has 0 radical (unpaired) electrons. The summed E-state index contributed by atoms with van der Waals surface area (Å²) in [5.41, 5.74) is 0.846. The molecular formula is C21H29FN2O2. The predicted octanol–water partition coefficient (Wildman–Crippen LogP) is 3.40. The van der Waals surface area contributed by atoms with E-state index in [1.54, 1.807) is 6.07 Å². The Kier molecular flexibility index (Phi) is 6.64. The molecule has 1 aromatic carbocycles. The van der Waals surface area contributed by atoms with Crippen LogP contribution in [0.4, 0.5) is 4.39 Å². The van der Waals surface area contributed by atoms with Crippen LogP contribution in [0.2, 0.25) is 0 Å². The smallest absolute Gasteiger partial charge is 0.223 e. The van der Waals surface area contributed by atoms with E-state index in [2.05, 4.69) is 0 Å². The van der Waals surface area contributed by atoms with E-state index in [1.807, 2.05) is 15.9 Å². The van der Waals surface area contributed by atoms with E-state index in [9.17, 15) is 14.0 Å². The van der Waals surface area contributed by atoms with Gasteiger partial charge >= 0.3 is 0 Å². The van der Waals surface area contributed by atoms with Gasteiger partial charge in [-0.25, -0.2) is 4.39 Å². The van der Waals surface area contributed by atoms with E-state index in [0.717, 1.165) is 17.9 Å². The summed E-state index contributed by atoms with van der Waals surface area (Å²) in [6, 6.07) is 6.41. The number of benzene rings is 1. The van der Waals surface area contributed by atoms with Crippen molar-refractivity contribution >= 4 is 11.8 Å². The lowest BCUT2D eigenvalue weighted by atomic mass is 10.0. The fourth-order valence-corrected chi connectivity index (χ4v) is 4.09. The van der Waals surface area contributed by atoms with Gasteiger partial charge in [-0.1, -0.05) is 37.8 Å². The highest BCUT2D eigenvalue weighted by atomic mass is 19.1. The Morgan fingerprint density at radius 3 is 2.19 bits per heavy atom. The molecule has 5 heteroatoms. The van der Waals surface area contributed by atoms with Crippen LogP contribution < -0.4 is 0 Å². The minimum absolute atomic E-state index is 0.0901. The number of carbonyl (C=O) groups is 2. The first-order valence-electron chi connectivity index (χ1n) is 9.92. The maximum Gasteiger partial charge on any atom is 0.223 e. The molecule has 1 aliphatic heterocycles. The van der Waals surface area contributed by atoms with Gasteiger partial charge in [0.2, 0.25) is 11.8 Å². The molecule has 4 nitrogen and oxygen atoms in total. The molecule has 0 atom stereocenters. The van der Waals surface area contributed by atoms with Crippen molar-refractivity contribution in [3.63, 3.8) is 0 Å². The molecule has 3 rings (SSSR count). The minimum Gasteiger partial charge on any atom is -0.339 e. The van der Waals surface area contributed by atoms with Crippen molar-refractivity contribution in [1.82, 2.24) is 9.80 Å². The Morgan fingerprint density at radius 2 is 1.58 bits per heavy atom. The summed E-state index contributed by atoms with van der Waals surface area (Å²) in [5, 5.41) is 0. The van der Waals surface area contributed by atoms with Crippen molar-refractivity contribution < 1.29 is 14.0 Å². The Labute approximate surface area is 155 Å². The van der Waals surface area contributed by atoms with Crippen LogP contribution in [-0.2, 0) is 16.0 Å². The number of carbonyl (C=O) groups excluding carboxylic acids is 2. The molecule has 0 spiro atoms. The van der Waals surface area contributed by atoms with Crippen molar-refractivity contribution in [2.45, 2.75) is 51.4 Å². The standard InChI is InChI=1S/C21H29FN2O2/c22-19-7-3-6-18(16-19)9-11-21(26)24-14-12-23(13-15-24)20(25)10-8-17-4-1-2-5-17/h3,6-7,16-17H,1-2,4-5,8-15H2. The number of amides is 2. The van der Waals surface area contributed by atoms with Crippen molar-refractivity contribution in [2.75, 3.05) is 26.2 Å². The Balaban J connectivity index is 1.37. The molecule has 1 saturated carbocycles. The summed E-state index contributed by atoms with van der Waals surface area (Å²) < 4.78 is 13.2. The fourth-order valence-electron chi connectivity index (χ4n) is 4.09. The normalized spacial score (nSPS) is 18.3. The molecule has 2 amide bonds. The highest BCUT2D eigenvalue weighted by molar-refractivity contribution is 5.78. The lowest BCUT2D eigenvalue weighted by Crippen LogP contribution is -2.50. The summed E-state index contributed by atoms with van der Waals surface area (Å²) in [6.07, 6.45) is 7.80. The Bertz CT molecular complexity index is 620. The van der Waals surface area contributed by atoms with Gasteiger partial charge in [0.15, 0.2) is 0 Å². The molecule has 0 aromatic heterocycles. The van der Waals surface area contributed by atoms with E-state index in [4.69, 9.17) is 0 Å². The molecule has 2 aliphatic rings. The minimum atomic E-state index is -0.264. The van der Waals surface area contributed by atoms with Crippen LogP contribution in [0.15, 0.2) is 24.3 Å². The zero-order valence-corrected chi connectivity index (χ0v) is 15.5. The van der Waals surface area contributed by atoms with Crippen LogP contribution >= 0.6 is 0 Å². The first-order chi connectivity index (χ1) is 12.6. The quantitative estimate of drug-likeness (QED) is 0.780. The predicted molar refractivity (Wildman–Crippen MR) is 99.1 cm³/mol. The Morgan fingerprint density at radius 1 is 0.962 bits per heavy atom. The molecular weight excluding hydrogens is 331 g/mol. The number of aryl methyl sites for hydroxylation is 1. The van der Waals surface area contributed by atoms with Crippen LogP contribution in [0.25, 0.3) is 0 Å². The monoisotopic (exact) mass is 360 g/mol. The molecule has 1 aromatic rings. The molecule has 0 unspecified atom stereocenters. The van der Waals surface area contributed by atoms with Crippen LogP contribution in [-0.4, -0.2) is 47.8 Å². The van der Waals surface area contributed by atoms with Crippen LogP contribution in [0.3, 0.4) is 0 Å². The molecule has 2 fully saturated rings. The molecule has 0 bridgehead atoms. The zero-order chi connectivity index (χ0) is 18.4. The van der Waals surface area contributed by atoms with Crippen molar-refractivity contribution in [3.8, 4) is 0 Å². The van der Waals surface area contributed by atoms with E-state index in [0.29, 0.717) is 45.4 Å². The van der Waals surface area contributed by atoms with Gasteiger partial charge in [0.1, 0.15) is 5.82 Å².